The molecule has 10 nitrogen and oxygen atoms in total. The molecule has 35 heavy (non-hydrogen) atoms. The molecule has 1 fully saturated rings. The summed E-state index contributed by atoms with van der Waals surface area (Å²) in [6.45, 7) is 3.98. The Kier molecular flexibility index (Phi) is 7.35. The predicted molar refractivity (Wildman–Crippen MR) is 132 cm³/mol. The van der Waals surface area contributed by atoms with Gasteiger partial charge in [-0.2, -0.15) is 0 Å². The summed E-state index contributed by atoms with van der Waals surface area (Å²) in [6, 6.07) is 12.2. The van der Waals surface area contributed by atoms with Gasteiger partial charge in [-0.1, -0.05) is 23.9 Å². The lowest BCUT2D eigenvalue weighted by atomic mass is 10.1. The van der Waals surface area contributed by atoms with Crippen molar-refractivity contribution in [1.29, 1.82) is 0 Å². The number of ether oxygens (including phenoxy) is 1. The molecule has 4 amide bonds. The number of aromatic nitrogens is 3. The molecule has 1 aromatic heterocycles. The molecule has 3 N–H and O–H groups in total. The lowest BCUT2D eigenvalue weighted by Gasteiger charge is -2.23. The zero-order valence-electron chi connectivity index (χ0n) is 19.6. The summed E-state index contributed by atoms with van der Waals surface area (Å²) >= 11 is 1.26. The van der Waals surface area contributed by atoms with E-state index in [0.29, 0.717) is 28.8 Å². The molecular weight excluding hydrogens is 468 g/mol. The Bertz CT molecular complexity index is 1240. The molecule has 1 saturated heterocycles. The molecule has 11 heteroatoms. The van der Waals surface area contributed by atoms with Gasteiger partial charge in [0.25, 0.3) is 0 Å². The van der Waals surface area contributed by atoms with Gasteiger partial charge in [-0.05, 0) is 55.3 Å². The number of benzene rings is 2. The number of carbonyl (C=O) groups is 3. The lowest BCUT2D eigenvalue weighted by Crippen LogP contribution is -2.53. The van der Waals surface area contributed by atoms with E-state index in [0.717, 1.165) is 16.8 Å². The third kappa shape index (κ3) is 5.99. The zero-order chi connectivity index (χ0) is 24.9. The molecule has 0 aliphatic carbocycles. The Balaban J connectivity index is 1.55. The van der Waals surface area contributed by atoms with Gasteiger partial charge in [-0.15, -0.1) is 10.2 Å². The van der Waals surface area contributed by atoms with Crippen LogP contribution in [0, 0.1) is 13.8 Å². The minimum atomic E-state index is -0.520. The number of imide groups is 1. The molecule has 3 aromatic rings. The fourth-order valence-electron chi connectivity index (χ4n) is 3.75. The third-order valence-electron chi connectivity index (χ3n) is 5.46. The van der Waals surface area contributed by atoms with E-state index in [1.165, 1.54) is 11.8 Å². The topological polar surface area (TPSA) is 127 Å². The molecule has 0 radical (unpaired) electrons. The standard InChI is InChI=1S/C24H26N6O4S/c1-14-4-5-15(2)19(10-14)30-20(11-17-12-21(31)27-23(33)26-17)28-29-24(30)35-13-22(32)25-16-6-8-18(34-3)9-7-16/h4-10,17H,11-13H2,1-3H3,(H,25,32)(H2,26,27,31,33). The van der Waals surface area contributed by atoms with Gasteiger partial charge in [0.05, 0.1) is 18.6 Å². The van der Waals surface area contributed by atoms with Crippen LogP contribution in [0.1, 0.15) is 23.4 Å². The summed E-state index contributed by atoms with van der Waals surface area (Å²) in [5.41, 5.74) is 3.62. The molecule has 182 valence electrons. The molecule has 0 saturated carbocycles. The molecule has 1 atom stereocenters. The Morgan fingerprint density at radius 3 is 2.66 bits per heavy atom. The van der Waals surface area contributed by atoms with Crippen molar-refractivity contribution in [2.24, 2.45) is 0 Å². The lowest BCUT2D eigenvalue weighted by molar-refractivity contribution is -0.121. The van der Waals surface area contributed by atoms with Crippen molar-refractivity contribution in [2.45, 2.75) is 37.9 Å². The summed E-state index contributed by atoms with van der Waals surface area (Å²) in [4.78, 5) is 36.2. The van der Waals surface area contributed by atoms with Gasteiger partial charge in [0.2, 0.25) is 11.8 Å². The minimum Gasteiger partial charge on any atom is -0.497 e. The van der Waals surface area contributed by atoms with Gasteiger partial charge in [-0.3, -0.25) is 19.5 Å². The second-order valence-corrected chi connectivity index (χ2v) is 9.16. The van der Waals surface area contributed by atoms with Crippen molar-refractivity contribution in [3.63, 3.8) is 0 Å². The van der Waals surface area contributed by atoms with E-state index in [1.54, 1.807) is 31.4 Å². The minimum absolute atomic E-state index is 0.123. The first kappa shape index (κ1) is 24.3. The first-order valence-corrected chi connectivity index (χ1v) is 12.0. The van der Waals surface area contributed by atoms with E-state index in [9.17, 15) is 14.4 Å². The Morgan fingerprint density at radius 2 is 1.94 bits per heavy atom. The number of amides is 4. The van der Waals surface area contributed by atoms with Crippen molar-refractivity contribution in [3.8, 4) is 11.4 Å². The van der Waals surface area contributed by atoms with Crippen molar-refractivity contribution >= 4 is 35.3 Å². The fraction of sp³-hybridized carbons (Fsp3) is 0.292. The summed E-state index contributed by atoms with van der Waals surface area (Å²) < 4.78 is 7.04. The van der Waals surface area contributed by atoms with Crippen LogP contribution in [0.3, 0.4) is 0 Å². The average Bonchev–Trinajstić information content (AvgIpc) is 3.21. The number of nitrogens with zero attached hydrogens (tertiary/aromatic N) is 3. The molecule has 1 aliphatic heterocycles. The molecule has 0 bridgehead atoms. The number of urea groups is 1. The van der Waals surface area contributed by atoms with E-state index in [1.807, 2.05) is 36.6 Å². The normalized spacial score (nSPS) is 15.3. The smallest absolute Gasteiger partial charge is 0.321 e. The van der Waals surface area contributed by atoms with E-state index >= 15 is 0 Å². The number of hydrogen-bond acceptors (Lipinski definition) is 7. The Labute approximate surface area is 206 Å². The van der Waals surface area contributed by atoms with Crippen LogP contribution in [-0.4, -0.2) is 51.5 Å². The zero-order valence-corrected chi connectivity index (χ0v) is 20.4. The first-order chi connectivity index (χ1) is 16.8. The van der Waals surface area contributed by atoms with Crippen LogP contribution in [0.25, 0.3) is 5.69 Å². The monoisotopic (exact) mass is 494 g/mol. The SMILES string of the molecule is COc1ccc(NC(=O)CSc2nnc(CC3CC(=O)NC(=O)N3)n2-c2cc(C)ccc2C)cc1. The van der Waals surface area contributed by atoms with Crippen LogP contribution in [-0.2, 0) is 16.0 Å². The molecule has 1 unspecified atom stereocenters. The quantitative estimate of drug-likeness (QED) is 0.411. The molecule has 2 aromatic carbocycles. The highest BCUT2D eigenvalue weighted by Crippen LogP contribution is 2.26. The van der Waals surface area contributed by atoms with E-state index in [-0.39, 0.29) is 24.0 Å². The highest BCUT2D eigenvalue weighted by Gasteiger charge is 2.27. The maximum atomic E-state index is 12.6. The first-order valence-electron chi connectivity index (χ1n) is 11.0. The van der Waals surface area contributed by atoms with Gasteiger partial charge in [0, 0.05) is 24.6 Å². The maximum Gasteiger partial charge on any atom is 0.321 e. The van der Waals surface area contributed by atoms with Crippen LogP contribution in [0.15, 0.2) is 47.6 Å². The number of carbonyl (C=O) groups excluding carboxylic acids is 3. The summed E-state index contributed by atoms with van der Waals surface area (Å²) in [6.07, 6.45) is 0.469. The van der Waals surface area contributed by atoms with Crippen LogP contribution in [0.5, 0.6) is 5.75 Å². The summed E-state index contributed by atoms with van der Waals surface area (Å²) in [5.74, 6) is 0.905. The van der Waals surface area contributed by atoms with E-state index < -0.39 is 12.1 Å². The van der Waals surface area contributed by atoms with Gasteiger partial charge in [-0.25, -0.2) is 4.79 Å². The number of thioether (sulfide) groups is 1. The number of aryl methyl sites for hydroxylation is 2. The summed E-state index contributed by atoms with van der Waals surface area (Å²) in [7, 11) is 1.58. The number of hydrogen-bond donors (Lipinski definition) is 3. The molecule has 2 heterocycles. The van der Waals surface area contributed by atoms with Crippen molar-refractivity contribution in [1.82, 2.24) is 25.4 Å². The summed E-state index contributed by atoms with van der Waals surface area (Å²) in [5, 5.41) is 17.1. The average molecular weight is 495 g/mol. The number of anilines is 1. The van der Waals surface area contributed by atoms with Crippen LogP contribution in [0.2, 0.25) is 0 Å². The van der Waals surface area contributed by atoms with Crippen molar-refractivity contribution in [3.05, 3.63) is 59.4 Å². The Morgan fingerprint density at radius 1 is 1.17 bits per heavy atom. The number of rotatable bonds is 8. The van der Waals surface area contributed by atoms with Gasteiger partial charge < -0.3 is 15.4 Å². The van der Waals surface area contributed by atoms with Crippen LogP contribution >= 0.6 is 11.8 Å². The van der Waals surface area contributed by atoms with Gasteiger partial charge in [0.15, 0.2) is 5.16 Å². The largest absolute Gasteiger partial charge is 0.497 e. The molecule has 0 spiro atoms. The second-order valence-electron chi connectivity index (χ2n) is 8.22. The van der Waals surface area contributed by atoms with Crippen molar-refractivity contribution in [2.75, 3.05) is 18.2 Å². The molecular formula is C24H26N6O4S. The highest BCUT2D eigenvalue weighted by atomic mass is 32.2. The number of methoxy groups -OCH3 is 1. The van der Waals surface area contributed by atoms with Crippen molar-refractivity contribution < 1.29 is 19.1 Å². The third-order valence-corrected chi connectivity index (χ3v) is 6.39. The predicted octanol–water partition coefficient (Wildman–Crippen LogP) is 2.76. The van der Waals surface area contributed by atoms with Crippen LogP contribution in [0.4, 0.5) is 10.5 Å². The maximum absolute atomic E-state index is 12.6. The number of nitrogens with one attached hydrogen (secondary N) is 3. The highest BCUT2D eigenvalue weighted by molar-refractivity contribution is 7.99. The molecule has 1 aliphatic rings. The fourth-order valence-corrected chi connectivity index (χ4v) is 4.51. The van der Waals surface area contributed by atoms with Gasteiger partial charge >= 0.3 is 6.03 Å². The van der Waals surface area contributed by atoms with Crippen LogP contribution < -0.4 is 20.7 Å². The van der Waals surface area contributed by atoms with E-state index in [4.69, 9.17) is 4.74 Å². The van der Waals surface area contributed by atoms with E-state index in [2.05, 4.69) is 26.1 Å². The van der Waals surface area contributed by atoms with Gasteiger partial charge in [0.1, 0.15) is 11.6 Å². The Hall–Kier alpha value is -3.86. The second kappa shape index (κ2) is 10.6. The molecule has 4 rings (SSSR count).